The molecule has 5 nitrogen and oxygen atoms in total. The number of para-hydroxylation sites is 1. The summed E-state index contributed by atoms with van der Waals surface area (Å²) in [5, 5.41) is 1.12. The molecule has 0 saturated carbocycles. The van der Waals surface area contributed by atoms with Gasteiger partial charge in [0.2, 0.25) is 10.0 Å². The number of pyridine rings is 1. The Morgan fingerprint density at radius 2 is 1.70 bits per heavy atom. The van der Waals surface area contributed by atoms with Crippen molar-refractivity contribution in [3.63, 3.8) is 0 Å². The lowest BCUT2D eigenvalue weighted by molar-refractivity contribution is 0.135. The number of rotatable bonds is 4. The van der Waals surface area contributed by atoms with Gasteiger partial charge in [-0.25, -0.2) is 12.7 Å². The molecule has 0 spiro atoms. The average Bonchev–Trinajstić information content (AvgIpc) is 2.68. The minimum absolute atomic E-state index is 0.0520. The Balaban J connectivity index is 1.43. The first-order chi connectivity index (χ1) is 13.0. The van der Waals surface area contributed by atoms with Crippen molar-refractivity contribution in [1.29, 1.82) is 0 Å². The number of nitrogens with zero attached hydrogens (tertiary/aromatic N) is 2. The van der Waals surface area contributed by atoms with Crippen LogP contribution in [0.1, 0.15) is 12.8 Å². The van der Waals surface area contributed by atoms with E-state index < -0.39 is 10.0 Å². The van der Waals surface area contributed by atoms with Crippen LogP contribution in [-0.4, -0.2) is 43.2 Å². The Morgan fingerprint density at radius 3 is 2.41 bits per heavy atom. The van der Waals surface area contributed by atoms with E-state index in [9.17, 15) is 8.42 Å². The van der Waals surface area contributed by atoms with Crippen LogP contribution in [0.15, 0.2) is 60.8 Å². The quantitative estimate of drug-likeness (QED) is 0.690. The maximum absolute atomic E-state index is 11.6. The number of fused-ring (bicyclic) bond motifs is 1. The molecule has 1 aliphatic heterocycles. The molecule has 0 unspecified atom stereocenters. The largest absolute Gasteiger partial charge is 0.490 e. The normalized spacial score (nSPS) is 16.5. The molecule has 1 saturated heterocycles. The lowest BCUT2D eigenvalue weighted by Gasteiger charge is -2.30. The lowest BCUT2D eigenvalue weighted by atomic mass is 10.1. The van der Waals surface area contributed by atoms with Crippen LogP contribution in [0, 0.1) is 0 Å². The van der Waals surface area contributed by atoms with Crippen LogP contribution in [0.2, 0.25) is 0 Å². The highest BCUT2D eigenvalue weighted by Crippen LogP contribution is 2.26. The summed E-state index contributed by atoms with van der Waals surface area (Å²) in [5.74, 6) is 0.810. The maximum Gasteiger partial charge on any atom is 0.211 e. The Morgan fingerprint density at radius 1 is 1.00 bits per heavy atom. The number of piperidine rings is 1. The smallest absolute Gasteiger partial charge is 0.211 e. The zero-order chi connectivity index (χ0) is 18.9. The molecule has 6 heteroatoms. The van der Waals surface area contributed by atoms with E-state index >= 15 is 0 Å². The molecule has 140 valence electrons. The van der Waals surface area contributed by atoms with Crippen LogP contribution in [0.5, 0.6) is 5.75 Å². The number of ether oxygens (including phenoxy) is 1. The highest BCUT2D eigenvalue weighted by atomic mass is 32.2. The molecular formula is C21H22N2O3S. The van der Waals surface area contributed by atoms with Gasteiger partial charge in [0.05, 0.1) is 11.8 Å². The van der Waals surface area contributed by atoms with E-state index in [0.717, 1.165) is 27.8 Å². The summed E-state index contributed by atoms with van der Waals surface area (Å²) in [7, 11) is -3.10. The van der Waals surface area contributed by atoms with Crippen molar-refractivity contribution in [2.75, 3.05) is 19.3 Å². The van der Waals surface area contributed by atoms with Crippen molar-refractivity contribution >= 4 is 20.9 Å². The first-order valence-corrected chi connectivity index (χ1v) is 10.9. The minimum atomic E-state index is -3.10. The SMILES string of the molecule is CS(=O)(=O)N1CCC(Oc2ccc(-c3cnc4ccccc4c3)cc2)CC1. The van der Waals surface area contributed by atoms with E-state index in [2.05, 4.69) is 17.1 Å². The molecule has 0 atom stereocenters. The zero-order valence-electron chi connectivity index (χ0n) is 15.2. The van der Waals surface area contributed by atoms with E-state index in [-0.39, 0.29) is 6.10 Å². The highest BCUT2D eigenvalue weighted by molar-refractivity contribution is 7.88. The fourth-order valence-corrected chi connectivity index (χ4v) is 4.30. The third-order valence-electron chi connectivity index (χ3n) is 4.95. The first-order valence-electron chi connectivity index (χ1n) is 9.06. The van der Waals surface area contributed by atoms with E-state index in [1.165, 1.54) is 10.6 Å². The second-order valence-corrected chi connectivity index (χ2v) is 8.90. The van der Waals surface area contributed by atoms with Crippen LogP contribution >= 0.6 is 0 Å². The summed E-state index contributed by atoms with van der Waals surface area (Å²) < 4.78 is 30.7. The van der Waals surface area contributed by atoms with Gasteiger partial charge in [0.15, 0.2) is 0 Å². The van der Waals surface area contributed by atoms with Gasteiger partial charge in [0.25, 0.3) is 0 Å². The summed E-state index contributed by atoms with van der Waals surface area (Å²) in [6.45, 7) is 1.04. The van der Waals surface area contributed by atoms with Gasteiger partial charge in [-0.15, -0.1) is 0 Å². The average molecular weight is 382 g/mol. The third-order valence-corrected chi connectivity index (χ3v) is 6.25. The minimum Gasteiger partial charge on any atom is -0.490 e. The van der Waals surface area contributed by atoms with Gasteiger partial charge < -0.3 is 4.74 Å². The molecule has 0 bridgehead atoms. The van der Waals surface area contributed by atoms with Gasteiger partial charge in [-0.2, -0.15) is 0 Å². The van der Waals surface area contributed by atoms with E-state index in [4.69, 9.17) is 4.74 Å². The molecular weight excluding hydrogens is 360 g/mol. The molecule has 1 aliphatic rings. The van der Waals surface area contributed by atoms with Gasteiger partial charge in [0, 0.05) is 30.2 Å². The van der Waals surface area contributed by atoms with E-state index in [1.807, 2.05) is 48.7 Å². The van der Waals surface area contributed by atoms with Crippen LogP contribution in [0.3, 0.4) is 0 Å². The molecule has 1 aromatic heterocycles. The second-order valence-electron chi connectivity index (χ2n) is 6.92. The monoisotopic (exact) mass is 382 g/mol. The fraction of sp³-hybridized carbons (Fsp3) is 0.286. The topological polar surface area (TPSA) is 59.5 Å². The van der Waals surface area contributed by atoms with Gasteiger partial charge in [-0.3, -0.25) is 4.98 Å². The van der Waals surface area contributed by atoms with E-state index in [0.29, 0.717) is 25.9 Å². The molecule has 1 fully saturated rings. The summed E-state index contributed by atoms with van der Waals surface area (Å²) >= 11 is 0. The summed E-state index contributed by atoms with van der Waals surface area (Å²) in [6, 6.07) is 18.2. The summed E-state index contributed by atoms with van der Waals surface area (Å²) in [5.41, 5.74) is 3.15. The van der Waals surface area contributed by atoms with Crippen molar-refractivity contribution in [3.05, 3.63) is 60.8 Å². The summed E-state index contributed by atoms with van der Waals surface area (Å²) in [6.07, 6.45) is 4.62. The molecule has 3 aromatic rings. The van der Waals surface area contributed by atoms with E-state index in [1.54, 1.807) is 0 Å². The van der Waals surface area contributed by atoms with Crippen LogP contribution in [0.25, 0.3) is 22.0 Å². The Labute approximate surface area is 159 Å². The number of sulfonamides is 1. The number of benzene rings is 2. The number of hydrogen-bond acceptors (Lipinski definition) is 4. The van der Waals surface area contributed by atoms with Crippen molar-refractivity contribution in [2.24, 2.45) is 0 Å². The van der Waals surface area contributed by atoms with Gasteiger partial charge in [-0.1, -0.05) is 30.3 Å². The van der Waals surface area contributed by atoms with Gasteiger partial charge in [0.1, 0.15) is 11.9 Å². The number of aromatic nitrogens is 1. The molecule has 4 rings (SSSR count). The van der Waals surface area contributed by atoms with Crippen molar-refractivity contribution < 1.29 is 13.2 Å². The van der Waals surface area contributed by atoms with Crippen molar-refractivity contribution in [1.82, 2.24) is 9.29 Å². The third kappa shape index (κ3) is 4.12. The van der Waals surface area contributed by atoms with Crippen molar-refractivity contribution in [2.45, 2.75) is 18.9 Å². The van der Waals surface area contributed by atoms with Gasteiger partial charge >= 0.3 is 0 Å². The predicted molar refractivity (Wildman–Crippen MR) is 107 cm³/mol. The molecule has 0 radical (unpaired) electrons. The molecule has 27 heavy (non-hydrogen) atoms. The van der Waals surface area contributed by atoms with Crippen LogP contribution in [-0.2, 0) is 10.0 Å². The lowest BCUT2D eigenvalue weighted by Crippen LogP contribution is -2.41. The Hall–Kier alpha value is -2.44. The van der Waals surface area contributed by atoms with Crippen molar-refractivity contribution in [3.8, 4) is 16.9 Å². The maximum atomic E-state index is 11.6. The first kappa shape index (κ1) is 17.9. The Kier molecular flexibility index (Phi) is 4.85. The standard InChI is InChI=1S/C21H22N2O3S/c1-27(24,25)23-12-10-20(11-13-23)26-19-8-6-16(7-9-19)18-14-17-4-2-3-5-21(17)22-15-18/h2-9,14-15,20H,10-13H2,1H3. The molecule has 0 aliphatic carbocycles. The fourth-order valence-electron chi connectivity index (χ4n) is 3.43. The van der Waals surface area contributed by atoms with Crippen LogP contribution < -0.4 is 4.74 Å². The number of hydrogen-bond donors (Lipinski definition) is 0. The molecule has 0 amide bonds. The Bertz CT molecular complexity index is 1040. The molecule has 2 heterocycles. The zero-order valence-corrected chi connectivity index (χ0v) is 16.0. The highest BCUT2D eigenvalue weighted by Gasteiger charge is 2.25. The van der Waals surface area contributed by atoms with Gasteiger partial charge in [-0.05, 0) is 42.7 Å². The molecule has 2 aromatic carbocycles. The van der Waals surface area contributed by atoms with Crippen LogP contribution in [0.4, 0.5) is 0 Å². The summed E-state index contributed by atoms with van der Waals surface area (Å²) in [4.78, 5) is 4.52. The second kappa shape index (κ2) is 7.29. The predicted octanol–water partition coefficient (Wildman–Crippen LogP) is 3.70. The molecule has 0 N–H and O–H groups in total.